The SMILES string of the molecule is COc1ccc(F)c2[nH]c(C(=O)NC(CC3CC3)C(=O)NC(CC3CC(C)(C)NC3=O)C(N)=O)cc12. The standard InChI is InChI=1S/C25H32FN5O5/c1-25(2)11-13(22(33)31-25)9-16(21(27)32)29-23(34)17(8-12-4-5-12)30-24(35)18-10-14-19(36-3)7-6-15(26)20(14)28-18/h6-7,10,12-13,16-17,28H,4-5,8-9,11H2,1-3H3,(H2,27,32)(H,29,34)(H,30,35)(H,31,33). The number of benzene rings is 1. The average Bonchev–Trinajstić information content (AvgIpc) is 3.42. The van der Waals surface area contributed by atoms with Gasteiger partial charge in [-0.25, -0.2) is 4.39 Å². The highest BCUT2D eigenvalue weighted by Crippen LogP contribution is 2.34. The van der Waals surface area contributed by atoms with Gasteiger partial charge in [0.1, 0.15) is 29.3 Å². The van der Waals surface area contributed by atoms with Crippen molar-refractivity contribution in [1.82, 2.24) is 20.9 Å². The van der Waals surface area contributed by atoms with Gasteiger partial charge in [-0.1, -0.05) is 12.8 Å². The lowest BCUT2D eigenvalue weighted by atomic mass is 9.91. The Hall–Kier alpha value is -3.63. The van der Waals surface area contributed by atoms with Crippen molar-refractivity contribution in [3.05, 3.63) is 29.7 Å². The van der Waals surface area contributed by atoms with E-state index in [9.17, 15) is 23.6 Å². The zero-order valence-corrected chi connectivity index (χ0v) is 20.6. The number of H-pyrrole nitrogens is 1. The number of nitrogens with one attached hydrogen (secondary N) is 4. The van der Waals surface area contributed by atoms with E-state index in [4.69, 9.17) is 10.5 Å². The third kappa shape index (κ3) is 5.60. The lowest BCUT2D eigenvalue weighted by molar-refractivity contribution is -0.130. The van der Waals surface area contributed by atoms with Gasteiger partial charge in [-0.05, 0) is 57.2 Å². The molecule has 2 aromatic rings. The molecule has 1 aromatic carbocycles. The number of nitrogens with two attached hydrogens (primary N) is 1. The van der Waals surface area contributed by atoms with Crippen molar-refractivity contribution >= 4 is 34.5 Å². The zero-order valence-electron chi connectivity index (χ0n) is 20.6. The van der Waals surface area contributed by atoms with Crippen LogP contribution in [0.3, 0.4) is 0 Å². The molecule has 3 unspecified atom stereocenters. The molecule has 194 valence electrons. The summed E-state index contributed by atoms with van der Waals surface area (Å²) in [4.78, 5) is 53.4. The van der Waals surface area contributed by atoms with E-state index in [1.807, 2.05) is 13.8 Å². The van der Waals surface area contributed by atoms with Crippen LogP contribution in [0.5, 0.6) is 5.75 Å². The zero-order chi connectivity index (χ0) is 26.2. The summed E-state index contributed by atoms with van der Waals surface area (Å²) in [6.07, 6.45) is 2.84. The number of primary amides is 1. The van der Waals surface area contributed by atoms with Crippen molar-refractivity contribution in [2.75, 3.05) is 7.11 Å². The molecule has 4 amide bonds. The number of ether oxygens (including phenoxy) is 1. The third-order valence-electron chi connectivity index (χ3n) is 6.82. The lowest BCUT2D eigenvalue weighted by Gasteiger charge is -2.23. The summed E-state index contributed by atoms with van der Waals surface area (Å²) in [7, 11) is 1.45. The smallest absolute Gasteiger partial charge is 0.268 e. The van der Waals surface area contributed by atoms with Gasteiger partial charge in [0.25, 0.3) is 5.91 Å². The van der Waals surface area contributed by atoms with E-state index in [-0.39, 0.29) is 29.5 Å². The van der Waals surface area contributed by atoms with Gasteiger partial charge in [0, 0.05) is 16.8 Å². The van der Waals surface area contributed by atoms with Crippen LogP contribution in [-0.2, 0) is 14.4 Å². The van der Waals surface area contributed by atoms with E-state index in [0.29, 0.717) is 24.0 Å². The Morgan fingerprint density at radius 2 is 1.92 bits per heavy atom. The number of carbonyl (C=O) groups excluding carboxylic acids is 4. The monoisotopic (exact) mass is 501 g/mol. The molecule has 2 fully saturated rings. The van der Waals surface area contributed by atoms with Gasteiger partial charge in [-0.2, -0.15) is 0 Å². The summed E-state index contributed by atoms with van der Waals surface area (Å²) >= 11 is 0. The van der Waals surface area contributed by atoms with E-state index in [1.165, 1.54) is 25.3 Å². The first kappa shape index (κ1) is 25.5. The predicted molar refractivity (Wildman–Crippen MR) is 129 cm³/mol. The van der Waals surface area contributed by atoms with Crippen LogP contribution in [0.4, 0.5) is 4.39 Å². The quantitative estimate of drug-likeness (QED) is 0.334. The highest BCUT2D eigenvalue weighted by molar-refractivity contribution is 6.02. The van der Waals surface area contributed by atoms with Crippen molar-refractivity contribution < 1.29 is 28.3 Å². The molecule has 1 aromatic heterocycles. The van der Waals surface area contributed by atoms with Crippen LogP contribution in [-0.4, -0.2) is 53.3 Å². The van der Waals surface area contributed by atoms with Crippen LogP contribution < -0.4 is 26.4 Å². The number of rotatable bonds is 10. The molecule has 0 bridgehead atoms. The molecule has 2 heterocycles. The van der Waals surface area contributed by atoms with Crippen LogP contribution >= 0.6 is 0 Å². The number of methoxy groups -OCH3 is 1. The van der Waals surface area contributed by atoms with Gasteiger partial charge in [0.15, 0.2) is 0 Å². The van der Waals surface area contributed by atoms with Gasteiger partial charge in [0.05, 0.1) is 12.6 Å². The summed E-state index contributed by atoms with van der Waals surface area (Å²) in [5.74, 6) is -2.43. The number of aromatic nitrogens is 1. The minimum Gasteiger partial charge on any atom is -0.496 e. The molecule has 10 nitrogen and oxygen atoms in total. The molecule has 1 saturated carbocycles. The van der Waals surface area contributed by atoms with Gasteiger partial charge >= 0.3 is 0 Å². The average molecular weight is 502 g/mol. The maximum absolute atomic E-state index is 14.3. The first-order chi connectivity index (χ1) is 17.0. The van der Waals surface area contributed by atoms with Crippen molar-refractivity contribution in [3.63, 3.8) is 0 Å². The second kappa shape index (κ2) is 9.79. The molecule has 6 N–H and O–H groups in total. The number of amides is 4. The van der Waals surface area contributed by atoms with Gasteiger partial charge < -0.3 is 31.4 Å². The van der Waals surface area contributed by atoms with Crippen LogP contribution in [0.2, 0.25) is 0 Å². The number of hydrogen-bond donors (Lipinski definition) is 5. The van der Waals surface area contributed by atoms with E-state index < -0.39 is 47.1 Å². The first-order valence-corrected chi connectivity index (χ1v) is 12.0. The molecular weight excluding hydrogens is 469 g/mol. The van der Waals surface area contributed by atoms with E-state index in [2.05, 4.69) is 20.9 Å². The molecule has 2 aliphatic rings. The molecular formula is C25H32FN5O5. The predicted octanol–water partition coefficient (Wildman–Crippen LogP) is 1.49. The molecule has 4 rings (SSSR count). The maximum atomic E-state index is 14.3. The maximum Gasteiger partial charge on any atom is 0.268 e. The second-order valence-corrected chi connectivity index (χ2v) is 10.4. The molecule has 0 radical (unpaired) electrons. The third-order valence-corrected chi connectivity index (χ3v) is 6.82. The number of fused-ring (bicyclic) bond motifs is 1. The molecule has 0 spiro atoms. The number of halogens is 1. The summed E-state index contributed by atoms with van der Waals surface area (Å²) in [5.41, 5.74) is 5.32. The van der Waals surface area contributed by atoms with Gasteiger partial charge in [-0.15, -0.1) is 0 Å². The second-order valence-electron chi connectivity index (χ2n) is 10.4. The van der Waals surface area contributed by atoms with Crippen LogP contribution in [0.15, 0.2) is 18.2 Å². The van der Waals surface area contributed by atoms with Crippen molar-refractivity contribution in [2.24, 2.45) is 17.6 Å². The van der Waals surface area contributed by atoms with Gasteiger partial charge in [-0.3, -0.25) is 19.2 Å². The van der Waals surface area contributed by atoms with E-state index >= 15 is 0 Å². The summed E-state index contributed by atoms with van der Waals surface area (Å²) < 4.78 is 19.5. The fraction of sp³-hybridized carbons (Fsp3) is 0.520. The van der Waals surface area contributed by atoms with Crippen molar-refractivity contribution in [2.45, 2.75) is 63.6 Å². The summed E-state index contributed by atoms with van der Waals surface area (Å²) in [5, 5.41) is 8.61. The van der Waals surface area contributed by atoms with E-state index in [1.54, 1.807) is 0 Å². The van der Waals surface area contributed by atoms with Crippen molar-refractivity contribution in [1.29, 1.82) is 0 Å². The number of aromatic amines is 1. The number of carbonyl (C=O) groups is 4. The van der Waals surface area contributed by atoms with Crippen LogP contribution in [0.1, 0.15) is 56.4 Å². The lowest BCUT2D eigenvalue weighted by Crippen LogP contribution is -2.53. The Labute approximate surface area is 207 Å². The Morgan fingerprint density at radius 1 is 1.19 bits per heavy atom. The molecule has 1 aliphatic carbocycles. The minimum absolute atomic E-state index is 0.0679. The minimum atomic E-state index is -1.06. The number of hydrogen-bond acceptors (Lipinski definition) is 5. The largest absolute Gasteiger partial charge is 0.496 e. The van der Waals surface area contributed by atoms with Crippen molar-refractivity contribution in [3.8, 4) is 5.75 Å². The fourth-order valence-electron chi connectivity index (χ4n) is 4.80. The molecule has 3 atom stereocenters. The highest BCUT2D eigenvalue weighted by atomic mass is 19.1. The topological polar surface area (TPSA) is 155 Å². The Balaban J connectivity index is 1.48. The molecule has 11 heteroatoms. The summed E-state index contributed by atoms with van der Waals surface area (Å²) in [6.45, 7) is 3.77. The van der Waals surface area contributed by atoms with Crippen LogP contribution in [0.25, 0.3) is 10.9 Å². The Bertz CT molecular complexity index is 1200. The fourth-order valence-corrected chi connectivity index (χ4v) is 4.80. The first-order valence-electron chi connectivity index (χ1n) is 12.0. The normalized spacial score (nSPS) is 20.4. The van der Waals surface area contributed by atoms with Gasteiger partial charge in [0.2, 0.25) is 17.7 Å². The molecule has 1 saturated heterocycles. The van der Waals surface area contributed by atoms with Crippen LogP contribution in [0, 0.1) is 17.7 Å². The molecule has 1 aliphatic heterocycles. The highest BCUT2D eigenvalue weighted by Gasteiger charge is 2.40. The Kier molecular flexibility index (Phi) is 6.92. The molecule has 36 heavy (non-hydrogen) atoms. The summed E-state index contributed by atoms with van der Waals surface area (Å²) in [6, 6.07) is 2.17. The van der Waals surface area contributed by atoms with E-state index in [0.717, 1.165) is 12.8 Å². The Morgan fingerprint density at radius 3 is 2.50 bits per heavy atom.